The van der Waals surface area contributed by atoms with E-state index in [1.54, 1.807) is 0 Å². The molecule has 1 amide bonds. The van der Waals surface area contributed by atoms with Gasteiger partial charge in [-0.05, 0) is 18.9 Å². The van der Waals surface area contributed by atoms with Crippen LogP contribution in [0, 0.1) is 10.1 Å². The Morgan fingerprint density at radius 1 is 1.24 bits per heavy atom. The quantitative estimate of drug-likeness (QED) is 0.341. The van der Waals surface area contributed by atoms with Crippen molar-refractivity contribution in [1.82, 2.24) is 5.32 Å². The van der Waals surface area contributed by atoms with Crippen molar-refractivity contribution in [3.05, 3.63) is 33.9 Å². The summed E-state index contributed by atoms with van der Waals surface area (Å²) >= 11 is 0. The van der Waals surface area contributed by atoms with E-state index in [4.69, 9.17) is 5.84 Å². The van der Waals surface area contributed by atoms with Gasteiger partial charge in [-0.2, -0.15) is 0 Å². The molecule has 0 aliphatic heterocycles. The Kier molecular flexibility index (Phi) is 5.10. The molecule has 114 valence electrons. The Balaban J connectivity index is 2.16. The normalized spacial score (nSPS) is 16.0. The molecule has 0 heterocycles. The lowest BCUT2D eigenvalue weighted by Crippen LogP contribution is -2.35. The van der Waals surface area contributed by atoms with Gasteiger partial charge in [0.15, 0.2) is 0 Å². The maximum Gasteiger partial charge on any atom is 0.270 e. The average Bonchev–Trinajstić information content (AvgIpc) is 2.75. The molecule has 1 aromatic carbocycles. The topological polar surface area (TPSA) is 110 Å². The van der Waals surface area contributed by atoms with Crippen molar-refractivity contribution in [2.24, 2.45) is 5.84 Å². The number of nitrogens with zero attached hydrogens (tertiary/aromatic N) is 1. The number of benzene rings is 1. The molecule has 0 aromatic heterocycles. The second-order valence-electron chi connectivity index (χ2n) is 5.29. The molecule has 0 radical (unpaired) electrons. The number of hydrogen-bond donors (Lipinski definition) is 3. The van der Waals surface area contributed by atoms with Crippen molar-refractivity contribution in [3.8, 4) is 0 Å². The van der Waals surface area contributed by atoms with Crippen LogP contribution in [0.15, 0.2) is 18.2 Å². The van der Waals surface area contributed by atoms with Crippen LogP contribution in [-0.4, -0.2) is 16.9 Å². The molecule has 1 aromatic rings. The van der Waals surface area contributed by atoms with E-state index in [9.17, 15) is 14.9 Å². The van der Waals surface area contributed by atoms with Crippen LogP contribution in [-0.2, 0) is 0 Å². The van der Waals surface area contributed by atoms with E-state index in [0.29, 0.717) is 5.69 Å². The number of rotatable bonds is 4. The number of non-ortho nitro benzene ring substituents is 1. The minimum absolute atomic E-state index is 0.125. The van der Waals surface area contributed by atoms with Crippen molar-refractivity contribution < 1.29 is 9.72 Å². The van der Waals surface area contributed by atoms with Gasteiger partial charge in [0.2, 0.25) is 0 Å². The third kappa shape index (κ3) is 3.91. The molecular weight excluding hydrogens is 272 g/mol. The van der Waals surface area contributed by atoms with Gasteiger partial charge in [0.05, 0.1) is 16.2 Å². The van der Waals surface area contributed by atoms with Crippen LogP contribution in [0.25, 0.3) is 0 Å². The molecular formula is C14H20N4O3. The molecule has 1 aliphatic rings. The number of hydrazine groups is 1. The smallest absolute Gasteiger partial charge is 0.270 e. The fourth-order valence-electron chi connectivity index (χ4n) is 2.65. The molecule has 0 unspecified atom stereocenters. The molecule has 7 heteroatoms. The van der Waals surface area contributed by atoms with Crippen LogP contribution < -0.4 is 16.6 Å². The number of anilines is 1. The van der Waals surface area contributed by atoms with Crippen molar-refractivity contribution in [1.29, 1.82) is 0 Å². The number of hydrogen-bond acceptors (Lipinski definition) is 5. The summed E-state index contributed by atoms with van der Waals surface area (Å²) in [6.45, 7) is 0. The summed E-state index contributed by atoms with van der Waals surface area (Å²) in [7, 11) is 0. The minimum atomic E-state index is -0.525. The van der Waals surface area contributed by atoms with Crippen LogP contribution >= 0.6 is 0 Å². The van der Waals surface area contributed by atoms with Gasteiger partial charge >= 0.3 is 0 Å². The number of nitrogens with two attached hydrogens (primary N) is 1. The van der Waals surface area contributed by atoms with Crippen LogP contribution in [0.1, 0.15) is 48.9 Å². The number of carbonyl (C=O) groups excluding carboxylic acids is 1. The van der Waals surface area contributed by atoms with Gasteiger partial charge < -0.3 is 10.7 Å². The lowest BCUT2D eigenvalue weighted by atomic mass is 10.1. The Labute approximate surface area is 123 Å². The molecule has 1 fully saturated rings. The highest BCUT2D eigenvalue weighted by atomic mass is 16.6. The third-order valence-corrected chi connectivity index (χ3v) is 3.80. The Morgan fingerprint density at radius 2 is 1.90 bits per heavy atom. The molecule has 1 saturated carbocycles. The zero-order chi connectivity index (χ0) is 15.2. The van der Waals surface area contributed by atoms with Gasteiger partial charge in [0, 0.05) is 18.2 Å². The summed E-state index contributed by atoms with van der Waals surface area (Å²) in [5, 5.41) is 13.8. The molecule has 0 saturated heterocycles. The van der Waals surface area contributed by atoms with Crippen LogP contribution in [0.2, 0.25) is 0 Å². The molecule has 1 aliphatic carbocycles. The van der Waals surface area contributed by atoms with Crippen LogP contribution in [0.3, 0.4) is 0 Å². The monoisotopic (exact) mass is 292 g/mol. The standard InChI is InChI=1S/C14H20N4O3/c15-17-13-8-7-11(18(20)21)9-12(13)14(19)16-10-5-3-1-2-4-6-10/h7-10,17H,1-6,15H2,(H,16,19). The highest BCUT2D eigenvalue weighted by molar-refractivity contribution is 6.00. The van der Waals surface area contributed by atoms with E-state index in [0.717, 1.165) is 25.7 Å². The first-order valence-corrected chi connectivity index (χ1v) is 7.17. The number of nitrogens with one attached hydrogen (secondary N) is 2. The summed E-state index contributed by atoms with van der Waals surface area (Å²) in [5.74, 6) is 5.05. The maximum absolute atomic E-state index is 12.4. The summed E-state index contributed by atoms with van der Waals surface area (Å²) in [5.41, 5.74) is 2.87. The molecule has 21 heavy (non-hydrogen) atoms. The molecule has 0 spiro atoms. The SMILES string of the molecule is NNc1ccc([N+](=O)[O-])cc1C(=O)NC1CCCCCC1. The Bertz CT molecular complexity index is 525. The van der Waals surface area contributed by atoms with Gasteiger partial charge in [-0.15, -0.1) is 0 Å². The molecule has 4 N–H and O–H groups in total. The second-order valence-corrected chi connectivity index (χ2v) is 5.29. The van der Waals surface area contributed by atoms with Gasteiger partial charge in [0.25, 0.3) is 11.6 Å². The zero-order valence-corrected chi connectivity index (χ0v) is 11.8. The fourth-order valence-corrected chi connectivity index (χ4v) is 2.65. The van der Waals surface area contributed by atoms with Gasteiger partial charge in [-0.1, -0.05) is 25.7 Å². The highest BCUT2D eigenvalue weighted by Crippen LogP contribution is 2.23. The van der Waals surface area contributed by atoms with E-state index in [-0.39, 0.29) is 23.2 Å². The largest absolute Gasteiger partial charge is 0.349 e. The van der Waals surface area contributed by atoms with Gasteiger partial charge in [-0.3, -0.25) is 20.8 Å². The lowest BCUT2D eigenvalue weighted by Gasteiger charge is -2.17. The molecule has 0 bridgehead atoms. The number of carbonyl (C=O) groups is 1. The van der Waals surface area contributed by atoms with E-state index in [2.05, 4.69) is 10.7 Å². The van der Waals surface area contributed by atoms with Crippen molar-refractivity contribution in [2.75, 3.05) is 5.43 Å². The first-order valence-electron chi connectivity index (χ1n) is 7.17. The van der Waals surface area contributed by atoms with E-state index < -0.39 is 4.92 Å². The van der Waals surface area contributed by atoms with Gasteiger partial charge in [0.1, 0.15) is 0 Å². The molecule has 2 rings (SSSR count). The predicted octanol–water partition coefficient (Wildman–Crippen LogP) is 2.33. The summed E-state index contributed by atoms with van der Waals surface area (Å²) in [6.07, 6.45) is 6.49. The van der Waals surface area contributed by atoms with E-state index in [1.165, 1.54) is 31.0 Å². The number of nitrogen functional groups attached to an aromatic ring is 1. The van der Waals surface area contributed by atoms with Crippen LogP contribution in [0.4, 0.5) is 11.4 Å². The Morgan fingerprint density at radius 3 is 2.48 bits per heavy atom. The minimum Gasteiger partial charge on any atom is -0.349 e. The van der Waals surface area contributed by atoms with Crippen molar-refractivity contribution >= 4 is 17.3 Å². The Hall–Kier alpha value is -2.15. The molecule has 0 atom stereocenters. The average molecular weight is 292 g/mol. The van der Waals surface area contributed by atoms with Crippen molar-refractivity contribution in [3.63, 3.8) is 0 Å². The zero-order valence-electron chi connectivity index (χ0n) is 11.8. The second kappa shape index (κ2) is 7.03. The van der Waals surface area contributed by atoms with E-state index in [1.807, 2.05) is 0 Å². The summed E-state index contributed by atoms with van der Waals surface area (Å²) in [4.78, 5) is 22.7. The highest BCUT2D eigenvalue weighted by Gasteiger charge is 2.20. The maximum atomic E-state index is 12.4. The van der Waals surface area contributed by atoms with Crippen molar-refractivity contribution in [2.45, 2.75) is 44.6 Å². The summed E-state index contributed by atoms with van der Waals surface area (Å²) < 4.78 is 0. The number of amides is 1. The predicted molar refractivity (Wildman–Crippen MR) is 79.9 cm³/mol. The van der Waals surface area contributed by atoms with E-state index >= 15 is 0 Å². The first-order chi connectivity index (χ1) is 10.1. The third-order valence-electron chi connectivity index (χ3n) is 3.80. The lowest BCUT2D eigenvalue weighted by molar-refractivity contribution is -0.384. The van der Waals surface area contributed by atoms with Gasteiger partial charge in [-0.25, -0.2) is 0 Å². The molecule has 7 nitrogen and oxygen atoms in total. The van der Waals surface area contributed by atoms with Crippen LogP contribution in [0.5, 0.6) is 0 Å². The fraction of sp³-hybridized carbons (Fsp3) is 0.500. The first kappa shape index (κ1) is 15.2. The number of nitro groups is 1. The number of nitro benzene ring substituents is 1. The summed E-state index contributed by atoms with van der Waals surface area (Å²) in [6, 6.07) is 4.14.